The summed E-state index contributed by atoms with van der Waals surface area (Å²) in [5, 5.41) is 8.66. The standard InChI is InChI=1S/C8H7F3O3S/c1-3-4(14-2)5(7(12)13)15-6(3)8(9,10)11/h1-2H3,(H,12,13). The fourth-order valence-electron chi connectivity index (χ4n) is 1.16. The second-order valence-electron chi connectivity index (χ2n) is 2.72. The summed E-state index contributed by atoms with van der Waals surface area (Å²) in [6.45, 7) is 1.19. The molecule has 0 unspecified atom stereocenters. The lowest BCUT2D eigenvalue weighted by Gasteiger charge is -2.04. The maximum absolute atomic E-state index is 12.4. The molecule has 0 atom stereocenters. The molecule has 1 aromatic rings. The van der Waals surface area contributed by atoms with E-state index >= 15 is 0 Å². The molecule has 0 spiro atoms. The lowest BCUT2D eigenvalue weighted by atomic mass is 10.2. The number of hydrogen-bond acceptors (Lipinski definition) is 3. The number of thiophene rings is 1. The number of methoxy groups -OCH3 is 1. The van der Waals surface area contributed by atoms with Crippen LogP contribution in [-0.4, -0.2) is 18.2 Å². The third kappa shape index (κ3) is 2.06. The van der Waals surface area contributed by atoms with Crippen molar-refractivity contribution in [3.63, 3.8) is 0 Å². The van der Waals surface area contributed by atoms with Crippen molar-refractivity contribution in [2.75, 3.05) is 7.11 Å². The smallest absolute Gasteiger partial charge is 0.426 e. The molecule has 1 N–H and O–H groups in total. The predicted octanol–water partition coefficient (Wildman–Crippen LogP) is 2.78. The summed E-state index contributed by atoms with van der Waals surface area (Å²) in [4.78, 5) is 9.27. The zero-order valence-electron chi connectivity index (χ0n) is 7.81. The van der Waals surface area contributed by atoms with Gasteiger partial charge in [-0.15, -0.1) is 11.3 Å². The van der Waals surface area contributed by atoms with Crippen LogP contribution in [0.15, 0.2) is 0 Å². The van der Waals surface area contributed by atoms with Crippen molar-refractivity contribution >= 4 is 17.3 Å². The Morgan fingerprint density at radius 3 is 2.27 bits per heavy atom. The van der Waals surface area contributed by atoms with E-state index < -0.39 is 21.9 Å². The third-order valence-corrected chi connectivity index (χ3v) is 3.05. The lowest BCUT2D eigenvalue weighted by Crippen LogP contribution is -2.03. The zero-order chi connectivity index (χ0) is 11.8. The van der Waals surface area contributed by atoms with Crippen molar-refractivity contribution < 1.29 is 27.8 Å². The monoisotopic (exact) mass is 240 g/mol. The van der Waals surface area contributed by atoms with Gasteiger partial charge in [-0.25, -0.2) is 4.79 Å². The minimum absolute atomic E-state index is 0.176. The number of carbonyl (C=O) groups is 1. The molecule has 15 heavy (non-hydrogen) atoms. The minimum Gasteiger partial charge on any atom is -0.495 e. The molecule has 7 heteroatoms. The van der Waals surface area contributed by atoms with E-state index in [4.69, 9.17) is 5.11 Å². The summed E-state index contributed by atoms with van der Waals surface area (Å²) in [5.41, 5.74) is -0.188. The van der Waals surface area contributed by atoms with Crippen molar-refractivity contribution in [3.8, 4) is 5.75 Å². The van der Waals surface area contributed by atoms with Gasteiger partial charge >= 0.3 is 12.1 Å². The summed E-state index contributed by atoms with van der Waals surface area (Å²) in [7, 11) is 1.14. The van der Waals surface area contributed by atoms with Gasteiger partial charge in [-0.3, -0.25) is 0 Å². The van der Waals surface area contributed by atoms with Crippen LogP contribution in [0, 0.1) is 6.92 Å². The van der Waals surface area contributed by atoms with Gasteiger partial charge in [-0.1, -0.05) is 0 Å². The molecule has 0 aliphatic rings. The topological polar surface area (TPSA) is 46.5 Å². The van der Waals surface area contributed by atoms with Gasteiger partial charge in [0, 0.05) is 5.56 Å². The summed E-state index contributed by atoms with van der Waals surface area (Å²) in [6.07, 6.45) is -4.55. The van der Waals surface area contributed by atoms with Gasteiger partial charge in [0.25, 0.3) is 0 Å². The van der Waals surface area contributed by atoms with Crippen LogP contribution in [0.3, 0.4) is 0 Å². The quantitative estimate of drug-likeness (QED) is 0.864. The van der Waals surface area contributed by atoms with E-state index in [2.05, 4.69) is 4.74 Å². The Balaban J connectivity index is 3.40. The summed E-state index contributed by atoms with van der Waals surface area (Å²) >= 11 is 0.176. The summed E-state index contributed by atoms with van der Waals surface area (Å²) in [6, 6.07) is 0. The number of ether oxygens (including phenoxy) is 1. The Labute approximate surface area is 87.1 Å². The maximum Gasteiger partial charge on any atom is 0.426 e. The SMILES string of the molecule is COc1c(C(=O)O)sc(C(F)(F)F)c1C. The van der Waals surface area contributed by atoms with Crippen molar-refractivity contribution in [1.82, 2.24) is 0 Å². The molecule has 0 amide bonds. The van der Waals surface area contributed by atoms with Gasteiger partial charge in [0.2, 0.25) is 0 Å². The zero-order valence-corrected chi connectivity index (χ0v) is 8.62. The number of hydrogen-bond donors (Lipinski definition) is 1. The van der Waals surface area contributed by atoms with E-state index in [1.165, 1.54) is 6.92 Å². The van der Waals surface area contributed by atoms with E-state index in [0.717, 1.165) is 7.11 Å². The van der Waals surface area contributed by atoms with Gasteiger partial charge in [0.05, 0.1) is 7.11 Å². The molecule has 3 nitrogen and oxygen atoms in total. The van der Waals surface area contributed by atoms with Gasteiger partial charge in [-0.05, 0) is 6.92 Å². The van der Waals surface area contributed by atoms with Gasteiger partial charge in [0.1, 0.15) is 10.6 Å². The van der Waals surface area contributed by atoms with E-state index in [1.807, 2.05) is 0 Å². The Kier molecular flexibility index (Phi) is 2.94. The highest BCUT2D eigenvalue weighted by molar-refractivity contribution is 7.14. The van der Waals surface area contributed by atoms with Crippen LogP contribution in [0.2, 0.25) is 0 Å². The molecular weight excluding hydrogens is 233 g/mol. The largest absolute Gasteiger partial charge is 0.495 e. The summed E-state index contributed by atoms with van der Waals surface area (Å²) < 4.78 is 41.9. The first-order chi connectivity index (χ1) is 6.79. The Morgan fingerprint density at radius 1 is 1.47 bits per heavy atom. The van der Waals surface area contributed by atoms with Crippen LogP contribution in [0.1, 0.15) is 20.1 Å². The fourth-order valence-corrected chi connectivity index (χ4v) is 2.14. The molecule has 0 bridgehead atoms. The van der Waals surface area contributed by atoms with E-state index in [1.54, 1.807) is 0 Å². The van der Waals surface area contributed by atoms with E-state index in [9.17, 15) is 18.0 Å². The highest BCUT2D eigenvalue weighted by atomic mass is 32.1. The molecule has 1 aromatic heterocycles. The van der Waals surface area contributed by atoms with Crippen LogP contribution in [0.25, 0.3) is 0 Å². The molecule has 84 valence electrons. The van der Waals surface area contributed by atoms with Crippen LogP contribution in [0.5, 0.6) is 5.75 Å². The Bertz CT molecular complexity index is 395. The first-order valence-corrected chi connectivity index (χ1v) is 4.58. The average Bonchev–Trinajstić information content (AvgIpc) is 2.41. The first kappa shape index (κ1) is 11.8. The normalized spacial score (nSPS) is 11.5. The number of aromatic carboxylic acids is 1. The lowest BCUT2D eigenvalue weighted by molar-refractivity contribution is -0.134. The maximum atomic E-state index is 12.4. The van der Waals surface area contributed by atoms with Gasteiger partial charge in [-0.2, -0.15) is 13.2 Å². The second kappa shape index (κ2) is 3.73. The second-order valence-corrected chi connectivity index (χ2v) is 3.74. The minimum atomic E-state index is -4.55. The molecule has 0 radical (unpaired) electrons. The highest BCUT2D eigenvalue weighted by Gasteiger charge is 2.38. The predicted molar refractivity (Wildman–Crippen MR) is 47.6 cm³/mol. The average molecular weight is 240 g/mol. The van der Waals surface area contributed by atoms with Crippen LogP contribution in [0.4, 0.5) is 13.2 Å². The number of carboxylic acids is 1. The van der Waals surface area contributed by atoms with Crippen LogP contribution < -0.4 is 4.74 Å². The van der Waals surface area contributed by atoms with Crippen molar-refractivity contribution in [3.05, 3.63) is 15.3 Å². The number of rotatable bonds is 2. The molecule has 0 aliphatic carbocycles. The molecule has 1 heterocycles. The molecule has 0 aliphatic heterocycles. The first-order valence-electron chi connectivity index (χ1n) is 3.77. The molecule has 0 aromatic carbocycles. The number of halogens is 3. The van der Waals surface area contributed by atoms with Crippen molar-refractivity contribution in [2.45, 2.75) is 13.1 Å². The molecule has 1 rings (SSSR count). The number of carboxylic acid groups (broad SMARTS) is 1. The Morgan fingerprint density at radius 2 is 2.00 bits per heavy atom. The fraction of sp³-hybridized carbons (Fsp3) is 0.375. The summed E-state index contributed by atoms with van der Waals surface area (Å²) in [5.74, 6) is -1.64. The van der Waals surface area contributed by atoms with Crippen LogP contribution in [-0.2, 0) is 6.18 Å². The van der Waals surface area contributed by atoms with Gasteiger partial charge in [0.15, 0.2) is 4.88 Å². The molecule has 0 fully saturated rings. The van der Waals surface area contributed by atoms with E-state index in [-0.39, 0.29) is 22.6 Å². The number of alkyl halides is 3. The van der Waals surface area contributed by atoms with Crippen LogP contribution >= 0.6 is 11.3 Å². The molecular formula is C8H7F3O3S. The molecule has 0 saturated heterocycles. The highest BCUT2D eigenvalue weighted by Crippen LogP contribution is 2.43. The van der Waals surface area contributed by atoms with Gasteiger partial charge < -0.3 is 9.84 Å². The molecule has 0 saturated carbocycles. The third-order valence-electron chi connectivity index (χ3n) is 1.75. The Hall–Kier alpha value is -1.24. The van der Waals surface area contributed by atoms with Crippen molar-refractivity contribution in [2.24, 2.45) is 0 Å². The van der Waals surface area contributed by atoms with E-state index in [0.29, 0.717) is 0 Å². The van der Waals surface area contributed by atoms with Crippen molar-refractivity contribution in [1.29, 1.82) is 0 Å².